The van der Waals surface area contributed by atoms with Crippen LogP contribution in [0.2, 0.25) is 10.0 Å². The number of carbonyl (C=O) groups is 1. The van der Waals surface area contributed by atoms with E-state index in [1.54, 1.807) is 22.7 Å². The highest BCUT2D eigenvalue weighted by Crippen LogP contribution is 2.55. The number of nitrogens with zero attached hydrogens (tertiary/aromatic N) is 2. The van der Waals surface area contributed by atoms with Crippen LogP contribution >= 0.6 is 45.9 Å². The molecule has 38 heavy (non-hydrogen) atoms. The largest absolute Gasteiger partial charge is 0.303 e. The quantitative estimate of drug-likeness (QED) is 0.217. The molecule has 4 aromatic rings. The molecule has 2 aliphatic rings. The summed E-state index contributed by atoms with van der Waals surface area (Å²) in [4.78, 5) is 20.8. The molecule has 1 fully saturated rings. The minimum absolute atomic E-state index is 0.0406. The number of carbonyl (C=O) groups excluding carboxylic acids is 1. The molecule has 2 aromatic carbocycles. The predicted octanol–water partition coefficient (Wildman–Crippen LogP) is 9.19. The van der Waals surface area contributed by atoms with Gasteiger partial charge in [0, 0.05) is 49.8 Å². The third kappa shape index (κ3) is 5.32. The number of amides is 1. The standard InChI is InChI=1S/C31H30Cl2N2OS2/c32-23-11-7-21(8-12-23)28-29-25(26-6-4-19-37-26)20-27(36)35(18-5-17-34-15-2-1-3-16-34)31(29)38-30(28)22-9-13-24(33)14-10-22/h4,6-14,19,25H,1-3,5,15-18,20H2. The zero-order valence-electron chi connectivity index (χ0n) is 21.2. The van der Waals surface area contributed by atoms with Crippen LogP contribution in [0.25, 0.3) is 21.6 Å². The SMILES string of the molecule is O=C1CC(c2cccs2)c2c(sc(-c3ccc(Cl)cc3)c2-c2ccc(Cl)cc2)N1CCCN1CCCCC1. The van der Waals surface area contributed by atoms with E-state index in [2.05, 4.69) is 51.6 Å². The molecule has 0 spiro atoms. The zero-order valence-corrected chi connectivity index (χ0v) is 24.3. The van der Waals surface area contributed by atoms with Crippen LogP contribution < -0.4 is 4.90 Å². The number of anilines is 1. The molecule has 0 radical (unpaired) electrons. The first-order valence-corrected chi connectivity index (χ1v) is 15.8. The lowest BCUT2D eigenvalue weighted by atomic mass is 9.85. The van der Waals surface area contributed by atoms with Crippen molar-refractivity contribution in [2.45, 2.75) is 38.0 Å². The number of rotatable bonds is 7. The summed E-state index contributed by atoms with van der Waals surface area (Å²) >= 11 is 16.0. The van der Waals surface area contributed by atoms with Crippen LogP contribution in [0.1, 0.15) is 48.5 Å². The van der Waals surface area contributed by atoms with E-state index >= 15 is 0 Å². The normalized spacial score (nSPS) is 18.1. The Hall–Kier alpha value is -2.15. The maximum Gasteiger partial charge on any atom is 0.228 e. The average molecular weight is 582 g/mol. The fourth-order valence-electron chi connectivity index (χ4n) is 5.76. The van der Waals surface area contributed by atoms with Crippen molar-refractivity contribution in [3.8, 4) is 21.6 Å². The molecule has 7 heteroatoms. The van der Waals surface area contributed by atoms with E-state index in [1.165, 1.54) is 53.2 Å². The number of hydrogen-bond donors (Lipinski definition) is 0. The van der Waals surface area contributed by atoms with E-state index in [9.17, 15) is 4.79 Å². The Balaban J connectivity index is 1.46. The van der Waals surface area contributed by atoms with Crippen molar-refractivity contribution in [2.24, 2.45) is 0 Å². The fourth-order valence-corrected chi connectivity index (χ4v) is 8.28. The molecule has 0 bridgehead atoms. The van der Waals surface area contributed by atoms with Crippen LogP contribution in [0.5, 0.6) is 0 Å². The molecule has 1 atom stereocenters. The summed E-state index contributed by atoms with van der Waals surface area (Å²) in [7, 11) is 0. The van der Waals surface area contributed by atoms with Gasteiger partial charge in [-0.25, -0.2) is 0 Å². The Bertz CT molecular complexity index is 1390. The van der Waals surface area contributed by atoms with E-state index in [-0.39, 0.29) is 11.8 Å². The molecule has 0 saturated carbocycles. The summed E-state index contributed by atoms with van der Waals surface area (Å²) in [5, 5.41) is 4.64. The van der Waals surface area contributed by atoms with Crippen molar-refractivity contribution < 1.29 is 4.79 Å². The number of likely N-dealkylation sites (tertiary alicyclic amines) is 1. The first kappa shape index (κ1) is 26.1. The van der Waals surface area contributed by atoms with Crippen LogP contribution in [0.15, 0.2) is 66.0 Å². The Labute approximate surface area is 242 Å². The summed E-state index contributed by atoms with van der Waals surface area (Å²) in [6, 6.07) is 20.4. The molecule has 2 aliphatic heterocycles. The number of halogens is 2. The lowest BCUT2D eigenvalue weighted by molar-refractivity contribution is -0.119. The maximum absolute atomic E-state index is 13.7. The van der Waals surface area contributed by atoms with Gasteiger partial charge in [0.25, 0.3) is 0 Å². The van der Waals surface area contributed by atoms with Gasteiger partial charge in [-0.3, -0.25) is 4.79 Å². The molecular formula is C31H30Cl2N2OS2. The van der Waals surface area contributed by atoms with Crippen molar-refractivity contribution in [1.29, 1.82) is 0 Å². The summed E-state index contributed by atoms with van der Waals surface area (Å²) in [5.74, 6) is 0.264. The number of benzene rings is 2. The first-order valence-electron chi connectivity index (χ1n) is 13.3. The molecular weight excluding hydrogens is 551 g/mol. The Morgan fingerprint density at radius 2 is 1.53 bits per heavy atom. The molecule has 0 aliphatic carbocycles. The first-order chi connectivity index (χ1) is 18.6. The van der Waals surface area contributed by atoms with Crippen molar-refractivity contribution in [3.63, 3.8) is 0 Å². The summed E-state index contributed by atoms with van der Waals surface area (Å²) in [6.45, 7) is 4.16. The van der Waals surface area contributed by atoms with Crippen LogP contribution in [-0.4, -0.2) is 37.0 Å². The maximum atomic E-state index is 13.7. The minimum Gasteiger partial charge on any atom is -0.303 e. The van der Waals surface area contributed by atoms with Crippen molar-refractivity contribution >= 4 is 56.8 Å². The Morgan fingerprint density at radius 1 is 0.842 bits per heavy atom. The van der Waals surface area contributed by atoms with E-state index in [0.717, 1.165) is 40.7 Å². The van der Waals surface area contributed by atoms with E-state index < -0.39 is 0 Å². The topological polar surface area (TPSA) is 23.6 Å². The highest BCUT2D eigenvalue weighted by Gasteiger charge is 2.38. The van der Waals surface area contributed by atoms with E-state index in [1.807, 2.05) is 24.3 Å². The second-order valence-corrected chi connectivity index (χ2v) is 13.0. The van der Waals surface area contributed by atoms with Crippen LogP contribution in [0.3, 0.4) is 0 Å². The molecule has 1 amide bonds. The Morgan fingerprint density at radius 3 is 2.18 bits per heavy atom. The molecule has 2 aromatic heterocycles. The lowest BCUT2D eigenvalue weighted by Crippen LogP contribution is -2.39. The van der Waals surface area contributed by atoms with Gasteiger partial charge in [0.05, 0.1) is 0 Å². The van der Waals surface area contributed by atoms with Crippen LogP contribution in [-0.2, 0) is 4.79 Å². The van der Waals surface area contributed by atoms with E-state index in [4.69, 9.17) is 23.2 Å². The van der Waals surface area contributed by atoms with Crippen molar-refractivity contribution in [2.75, 3.05) is 31.1 Å². The molecule has 4 heterocycles. The highest BCUT2D eigenvalue weighted by atomic mass is 35.5. The second-order valence-electron chi connectivity index (χ2n) is 10.1. The van der Waals surface area contributed by atoms with Crippen LogP contribution in [0, 0.1) is 0 Å². The Kier molecular flexibility index (Phi) is 7.92. The van der Waals surface area contributed by atoms with Gasteiger partial charge in [0.2, 0.25) is 5.91 Å². The smallest absolute Gasteiger partial charge is 0.228 e. The minimum atomic E-state index is 0.0406. The summed E-state index contributed by atoms with van der Waals surface area (Å²) < 4.78 is 0. The van der Waals surface area contributed by atoms with Crippen LogP contribution in [0.4, 0.5) is 5.00 Å². The number of hydrogen-bond acceptors (Lipinski definition) is 4. The summed E-state index contributed by atoms with van der Waals surface area (Å²) in [6.07, 6.45) is 5.39. The number of thiophene rings is 2. The van der Waals surface area contributed by atoms with Gasteiger partial charge < -0.3 is 9.80 Å². The summed E-state index contributed by atoms with van der Waals surface area (Å²) in [5.41, 5.74) is 4.71. The predicted molar refractivity (Wildman–Crippen MR) is 163 cm³/mol. The van der Waals surface area contributed by atoms with Gasteiger partial charge in [-0.15, -0.1) is 22.7 Å². The molecule has 1 unspecified atom stereocenters. The van der Waals surface area contributed by atoms with Crippen molar-refractivity contribution in [1.82, 2.24) is 4.90 Å². The number of piperidine rings is 1. The van der Waals surface area contributed by atoms with Gasteiger partial charge in [-0.05, 0) is 85.7 Å². The van der Waals surface area contributed by atoms with Crippen molar-refractivity contribution in [3.05, 3.63) is 86.5 Å². The van der Waals surface area contributed by atoms with Gasteiger partial charge in [-0.2, -0.15) is 0 Å². The monoisotopic (exact) mass is 580 g/mol. The third-order valence-electron chi connectivity index (χ3n) is 7.63. The molecule has 6 rings (SSSR count). The fraction of sp³-hybridized carbons (Fsp3) is 0.323. The molecule has 3 nitrogen and oxygen atoms in total. The highest BCUT2D eigenvalue weighted by molar-refractivity contribution is 7.20. The number of fused-ring (bicyclic) bond motifs is 1. The van der Waals surface area contributed by atoms with Gasteiger partial charge >= 0.3 is 0 Å². The molecule has 1 saturated heterocycles. The van der Waals surface area contributed by atoms with Gasteiger partial charge in [-0.1, -0.05) is 60.0 Å². The molecule has 196 valence electrons. The lowest BCUT2D eigenvalue weighted by Gasteiger charge is -2.33. The zero-order chi connectivity index (χ0) is 26.1. The second kappa shape index (κ2) is 11.5. The average Bonchev–Trinajstić information content (AvgIpc) is 3.60. The van der Waals surface area contributed by atoms with Gasteiger partial charge in [0.15, 0.2) is 0 Å². The third-order valence-corrected chi connectivity index (χ3v) is 10.4. The van der Waals surface area contributed by atoms with E-state index in [0.29, 0.717) is 11.4 Å². The van der Waals surface area contributed by atoms with Gasteiger partial charge in [0.1, 0.15) is 5.00 Å². The molecule has 0 N–H and O–H groups in total.